The number of rotatable bonds is 2. The van der Waals surface area contributed by atoms with Gasteiger partial charge in [-0.2, -0.15) is 0 Å². The van der Waals surface area contributed by atoms with Crippen molar-refractivity contribution in [2.45, 2.75) is 0 Å². The van der Waals surface area contributed by atoms with Crippen LogP contribution in [0, 0.1) is 17.5 Å². The second-order valence-electron chi connectivity index (χ2n) is 3.58. The van der Waals surface area contributed by atoms with Crippen molar-refractivity contribution in [3.63, 3.8) is 0 Å². The van der Waals surface area contributed by atoms with Gasteiger partial charge in [0, 0.05) is 11.6 Å². The lowest BCUT2D eigenvalue weighted by Gasteiger charge is -2.05. The minimum Gasteiger partial charge on any atom is -0.288 e. The van der Waals surface area contributed by atoms with Gasteiger partial charge in [0.2, 0.25) is 0 Å². The number of carbonyl (C=O) groups is 1. The first-order valence-electron chi connectivity index (χ1n) is 4.94. The molecule has 0 saturated heterocycles. The van der Waals surface area contributed by atoms with Gasteiger partial charge in [0.05, 0.1) is 10.6 Å². The first kappa shape index (κ1) is 12.6. The number of carbonyl (C=O) groups excluding carboxylic acids is 1. The van der Waals surface area contributed by atoms with Gasteiger partial charge < -0.3 is 0 Å². The Morgan fingerprint density at radius 3 is 2.00 bits per heavy atom. The van der Waals surface area contributed by atoms with Crippen LogP contribution in [0.5, 0.6) is 0 Å². The molecule has 0 saturated carbocycles. The van der Waals surface area contributed by atoms with Crippen molar-refractivity contribution in [2.75, 3.05) is 0 Å². The first-order valence-corrected chi connectivity index (χ1v) is 5.31. The number of hydrogen-bond acceptors (Lipinski definition) is 1. The Morgan fingerprint density at radius 2 is 1.44 bits per heavy atom. The van der Waals surface area contributed by atoms with E-state index in [1.807, 2.05) is 0 Å². The molecule has 5 heteroatoms. The van der Waals surface area contributed by atoms with Gasteiger partial charge in [-0.05, 0) is 30.3 Å². The van der Waals surface area contributed by atoms with Crippen LogP contribution >= 0.6 is 11.6 Å². The standard InChI is InChI=1S/C13H6ClF3O/c14-11-5-7(15)1-3-9(11)13(18)10-4-2-8(16)6-12(10)17/h1-6H. The topological polar surface area (TPSA) is 17.1 Å². The number of ketones is 1. The molecule has 0 N–H and O–H groups in total. The fourth-order valence-electron chi connectivity index (χ4n) is 1.49. The minimum absolute atomic E-state index is 0.0384. The summed E-state index contributed by atoms with van der Waals surface area (Å²) in [5.41, 5.74) is -0.353. The van der Waals surface area contributed by atoms with Crippen molar-refractivity contribution in [2.24, 2.45) is 0 Å². The molecule has 0 radical (unpaired) electrons. The highest BCUT2D eigenvalue weighted by Gasteiger charge is 2.17. The van der Waals surface area contributed by atoms with Crippen LogP contribution in [0.1, 0.15) is 15.9 Å². The van der Waals surface area contributed by atoms with Crippen LogP contribution in [-0.2, 0) is 0 Å². The lowest BCUT2D eigenvalue weighted by molar-refractivity contribution is 0.103. The van der Waals surface area contributed by atoms with E-state index in [9.17, 15) is 18.0 Å². The van der Waals surface area contributed by atoms with Crippen molar-refractivity contribution < 1.29 is 18.0 Å². The Morgan fingerprint density at radius 1 is 0.889 bits per heavy atom. The van der Waals surface area contributed by atoms with Crippen LogP contribution < -0.4 is 0 Å². The summed E-state index contributed by atoms with van der Waals surface area (Å²) in [6.45, 7) is 0. The van der Waals surface area contributed by atoms with E-state index in [0.717, 1.165) is 30.3 Å². The molecule has 0 fully saturated rings. The Balaban J connectivity index is 2.48. The molecule has 0 aromatic heterocycles. The molecular formula is C13H6ClF3O. The summed E-state index contributed by atoms with van der Waals surface area (Å²) in [7, 11) is 0. The van der Waals surface area contributed by atoms with Crippen molar-refractivity contribution in [3.8, 4) is 0 Å². The predicted molar refractivity (Wildman–Crippen MR) is 61.2 cm³/mol. The maximum Gasteiger partial charge on any atom is 0.197 e. The van der Waals surface area contributed by atoms with Gasteiger partial charge in [-0.1, -0.05) is 11.6 Å². The molecule has 2 rings (SSSR count). The highest BCUT2D eigenvalue weighted by Crippen LogP contribution is 2.22. The molecule has 0 aliphatic carbocycles. The van der Waals surface area contributed by atoms with Gasteiger partial charge in [0.15, 0.2) is 5.78 Å². The number of halogens is 4. The fraction of sp³-hybridized carbons (Fsp3) is 0. The van der Waals surface area contributed by atoms with Crippen LogP contribution in [0.2, 0.25) is 5.02 Å². The molecule has 2 aromatic carbocycles. The third-order valence-electron chi connectivity index (χ3n) is 2.35. The summed E-state index contributed by atoms with van der Waals surface area (Å²) >= 11 is 5.70. The molecule has 1 nitrogen and oxygen atoms in total. The van der Waals surface area contributed by atoms with E-state index in [2.05, 4.69) is 0 Å². The average Bonchev–Trinajstić information content (AvgIpc) is 2.28. The summed E-state index contributed by atoms with van der Waals surface area (Å²) in [6, 6.07) is 5.74. The van der Waals surface area contributed by atoms with E-state index in [-0.39, 0.29) is 16.1 Å². The molecule has 0 aliphatic rings. The Kier molecular flexibility index (Phi) is 3.39. The zero-order valence-electron chi connectivity index (χ0n) is 8.88. The lowest BCUT2D eigenvalue weighted by atomic mass is 10.0. The second-order valence-corrected chi connectivity index (χ2v) is 3.98. The molecule has 92 valence electrons. The molecule has 0 unspecified atom stereocenters. The van der Waals surface area contributed by atoms with Crippen molar-refractivity contribution >= 4 is 17.4 Å². The average molecular weight is 271 g/mol. The van der Waals surface area contributed by atoms with E-state index in [1.54, 1.807) is 0 Å². The predicted octanol–water partition coefficient (Wildman–Crippen LogP) is 3.99. The summed E-state index contributed by atoms with van der Waals surface area (Å²) in [6.07, 6.45) is 0. The maximum atomic E-state index is 13.4. The molecule has 0 bridgehead atoms. The van der Waals surface area contributed by atoms with Gasteiger partial charge in [-0.3, -0.25) is 4.79 Å². The van der Waals surface area contributed by atoms with Crippen LogP contribution in [0.4, 0.5) is 13.2 Å². The van der Waals surface area contributed by atoms with Crippen LogP contribution in [0.3, 0.4) is 0 Å². The summed E-state index contributed by atoms with van der Waals surface area (Å²) in [4.78, 5) is 11.9. The molecular weight excluding hydrogens is 265 g/mol. The van der Waals surface area contributed by atoms with E-state index in [4.69, 9.17) is 11.6 Å². The van der Waals surface area contributed by atoms with Gasteiger partial charge in [0.1, 0.15) is 17.5 Å². The SMILES string of the molecule is O=C(c1ccc(F)cc1F)c1ccc(F)cc1Cl. The molecule has 0 amide bonds. The minimum atomic E-state index is -0.986. The summed E-state index contributed by atoms with van der Waals surface area (Å²) in [5, 5.41) is -0.122. The monoisotopic (exact) mass is 270 g/mol. The Bertz CT molecular complexity index is 572. The Hall–Kier alpha value is -1.81. The highest BCUT2D eigenvalue weighted by atomic mass is 35.5. The molecule has 0 atom stereocenters. The highest BCUT2D eigenvalue weighted by molar-refractivity contribution is 6.35. The fourth-order valence-corrected chi connectivity index (χ4v) is 1.75. The molecule has 0 spiro atoms. The van der Waals surface area contributed by atoms with E-state index in [0.29, 0.717) is 6.07 Å². The number of benzene rings is 2. The summed E-state index contributed by atoms with van der Waals surface area (Å²) in [5.74, 6) is -3.09. The van der Waals surface area contributed by atoms with Crippen LogP contribution in [-0.4, -0.2) is 5.78 Å². The maximum absolute atomic E-state index is 13.4. The zero-order chi connectivity index (χ0) is 13.3. The van der Waals surface area contributed by atoms with E-state index in [1.165, 1.54) is 0 Å². The van der Waals surface area contributed by atoms with Gasteiger partial charge in [-0.25, -0.2) is 13.2 Å². The lowest BCUT2D eigenvalue weighted by Crippen LogP contribution is -2.05. The largest absolute Gasteiger partial charge is 0.288 e. The first-order chi connectivity index (χ1) is 8.49. The number of hydrogen-bond donors (Lipinski definition) is 0. The van der Waals surface area contributed by atoms with Crippen molar-refractivity contribution in [1.82, 2.24) is 0 Å². The molecule has 0 heterocycles. The van der Waals surface area contributed by atoms with Gasteiger partial charge >= 0.3 is 0 Å². The normalized spacial score (nSPS) is 10.4. The van der Waals surface area contributed by atoms with Gasteiger partial charge in [0.25, 0.3) is 0 Å². The third-order valence-corrected chi connectivity index (χ3v) is 2.66. The van der Waals surface area contributed by atoms with Gasteiger partial charge in [-0.15, -0.1) is 0 Å². The molecule has 0 aliphatic heterocycles. The third kappa shape index (κ3) is 2.38. The van der Waals surface area contributed by atoms with Crippen molar-refractivity contribution in [3.05, 3.63) is 70.0 Å². The Labute approximate surface area is 106 Å². The van der Waals surface area contributed by atoms with Crippen LogP contribution in [0.15, 0.2) is 36.4 Å². The molecule has 2 aromatic rings. The molecule has 18 heavy (non-hydrogen) atoms. The van der Waals surface area contributed by atoms with E-state index < -0.39 is 23.2 Å². The van der Waals surface area contributed by atoms with E-state index >= 15 is 0 Å². The zero-order valence-corrected chi connectivity index (χ0v) is 9.64. The van der Waals surface area contributed by atoms with Crippen molar-refractivity contribution in [1.29, 1.82) is 0 Å². The van der Waals surface area contributed by atoms with Crippen LogP contribution in [0.25, 0.3) is 0 Å². The summed E-state index contributed by atoms with van der Waals surface area (Å²) < 4.78 is 39.0. The smallest absolute Gasteiger partial charge is 0.197 e. The second kappa shape index (κ2) is 4.82. The quantitative estimate of drug-likeness (QED) is 0.754.